The number of sulfonamides is 1. The Morgan fingerprint density at radius 2 is 1.53 bits per heavy atom. The van der Waals surface area contributed by atoms with Crippen molar-refractivity contribution in [3.63, 3.8) is 0 Å². The van der Waals surface area contributed by atoms with Crippen LogP contribution in [0.5, 0.6) is 0 Å². The molecule has 0 unspecified atom stereocenters. The second-order valence-electron chi connectivity index (χ2n) is 10.2. The number of nitrogens with zero attached hydrogens (tertiary/aromatic N) is 2. The number of amides is 1. The lowest BCUT2D eigenvalue weighted by Crippen LogP contribution is -2.49. The highest BCUT2D eigenvalue weighted by molar-refractivity contribution is 7.89. The first-order valence-corrected chi connectivity index (χ1v) is 12.9. The molecule has 1 aliphatic heterocycles. The zero-order chi connectivity index (χ0) is 22.1. The molecule has 1 saturated carbocycles. The lowest BCUT2D eigenvalue weighted by molar-refractivity contribution is -0.141. The first-order valence-electron chi connectivity index (χ1n) is 11.4. The molecule has 0 N–H and O–H groups in total. The fourth-order valence-electron chi connectivity index (χ4n) is 4.87. The lowest BCUT2D eigenvalue weighted by atomic mass is 9.87. The van der Waals surface area contributed by atoms with E-state index in [2.05, 4.69) is 39.5 Å². The SMILES string of the molecule is CC(C)N(C(=O)C1CCN(S(=O)(=O)c2ccc(C(C)(C)C)cc2)CC1)C1CCCC1. The molecule has 1 aromatic rings. The Morgan fingerprint density at radius 1 is 1.00 bits per heavy atom. The summed E-state index contributed by atoms with van der Waals surface area (Å²) >= 11 is 0. The van der Waals surface area contributed by atoms with Gasteiger partial charge in [-0.3, -0.25) is 4.79 Å². The first kappa shape index (κ1) is 23.3. The highest BCUT2D eigenvalue weighted by Gasteiger charge is 2.37. The molecular formula is C24H38N2O3S. The van der Waals surface area contributed by atoms with Gasteiger partial charge in [0.15, 0.2) is 0 Å². The van der Waals surface area contributed by atoms with Crippen LogP contribution in [0.4, 0.5) is 0 Å². The number of hydrogen-bond donors (Lipinski definition) is 0. The van der Waals surface area contributed by atoms with E-state index in [4.69, 9.17) is 0 Å². The molecule has 0 bridgehead atoms. The topological polar surface area (TPSA) is 57.7 Å². The summed E-state index contributed by atoms with van der Waals surface area (Å²) in [4.78, 5) is 15.7. The summed E-state index contributed by atoms with van der Waals surface area (Å²) < 4.78 is 27.8. The maximum Gasteiger partial charge on any atom is 0.243 e. The Labute approximate surface area is 182 Å². The Morgan fingerprint density at radius 3 is 2.00 bits per heavy atom. The van der Waals surface area contributed by atoms with E-state index in [-0.39, 0.29) is 23.3 Å². The Balaban J connectivity index is 1.66. The van der Waals surface area contributed by atoms with E-state index in [1.54, 1.807) is 16.4 Å². The number of benzene rings is 1. The fourth-order valence-corrected chi connectivity index (χ4v) is 6.34. The zero-order valence-electron chi connectivity index (χ0n) is 19.2. The summed E-state index contributed by atoms with van der Waals surface area (Å²) in [5, 5.41) is 0. The molecular weight excluding hydrogens is 396 g/mol. The van der Waals surface area contributed by atoms with E-state index in [1.165, 1.54) is 12.8 Å². The molecule has 6 heteroatoms. The normalized spacial score (nSPS) is 20.1. The minimum atomic E-state index is -3.52. The molecule has 1 saturated heterocycles. The largest absolute Gasteiger partial charge is 0.337 e. The quantitative estimate of drug-likeness (QED) is 0.682. The van der Waals surface area contributed by atoms with Gasteiger partial charge in [-0.2, -0.15) is 4.31 Å². The van der Waals surface area contributed by atoms with Crippen LogP contribution in [-0.4, -0.2) is 48.7 Å². The number of hydrogen-bond acceptors (Lipinski definition) is 3. The van der Waals surface area contributed by atoms with Crippen LogP contribution < -0.4 is 0 Å². The lowest BCUT2D eigenvalue weighted by Gasteiger charge is -2.38. The third-order valence-corrected chi connectivity index (χ3v) is 8.60. The van der Waals surface area contributed by atoms with Crippen LogP contribution in [0.3, 0.4) is 0 Å². The van der Waals surface area contributed by atoms with Crippen molar-refractivity contribution >= 4 is 15.9 Å². The number of carbonyl (C=O) groups excluding carboxylic acids is 1. The van der Waals surface area contributed by atoms with Gasteiger partial charge in [-0.05, 0) is 62.6 Å². The number of rotatable bonds is 5. The molecule has 0 spiro atoms. The molecule has 1 aliphatic carbocycles. The Kier molecular flexibility index (Phi) is 6.97. The van der Waals surface area contributed by atoms with Crippen LogP contribution in [0.15, 0.2) is 29.2 Å². The molecule has 0 radical (unpaired) electrons. The van der Waals surface area contributed by atoms with E-state index < -0.39 is 10.0 Å². The molecule has 1 heterocycles. The predicted octanol–water partition coefficient (Wildman–Crippen LogP) is 4.56. The van der Waals surface area contributed by atoms with E-state index >= 15 is 0 Å². The van der Waals surface area contributed by atoms with Crippen molar-refractivity contribution in [3.8, 4) is 0 Å². The summed E-state index contributed by atoms with van der Waals surface area (Å²) in [6, 6.07) is 7.81. The van der Waals surface area contributed by atoms with E-state index in [0.29, 0.717) is 36.9 Å². The van der Waals surface area contributed by atoms with Gasteiger partial charge in [0.25, 0.3) is 0 Å². The number of piperidine rings is 1. The first-order chi connectivity index (χ1) is 14.0. The van der Waals surface area contributed by atoms with Gasteiger partial charge in [0.1, 0.15) is 0 Å². The highest BCUT2D eigenvalue weighted by atomic mass is 32.2. The van der Waals surface area contributed by atoms with Crippen molar-refractivity contribution in [2.45, 2.75) is 95.5 Å². The van der Waals surface area contributed by atoms with Crippen LogP contribution in [0, 0.1) is 5.92 Å². The molecule has 2 fully saturated rings. The Bertz CT molecular complexity index is 826. The fraction of sp³-hybridized carbons (Fsp3) is 0.708. The van der Waals surface area contributed by atoms with E-state index in [0.717, 1.165) is 18.4 Å². The van der Waals surface area contributed by atoms with Gasteiger partial charge in [0.05, 0.1) is 4.90 Å². The summed E-state index contributed by atoms with van der Waals surface area (Å²) in [6.07, 6.45) is 5.81. The van der Waals surface area contributed by atoms with Crippen LogP contribution in [-0.2, 0) is 20.2 Å². The standard InChI is InChI=1S/C24H38N2O3S/c1-18(2)26(21-8-6-7-9-21)23(27)19-14-16-25(17-15-19)30(28,29)22-12-10-20(11-13-22)24(3,4)5/h10-13,18-19,21H,6-9,14-17H2,1-5H3. The van der Waals surface area contributed by atoms with E-state index in [9.17, 15) is 13.2 Å². The molecule has 1 amide bonds. The number of carbonyl (C=O) groups is 1. The van der Waals surface area contributed by atoms with Gasteiger partial charge in [-0.15, -0.1) is 0 Å². The zero-order valence-corrected chi connectivity index (χ0v) is 20.0. The van der Waals surface area contributed by atoms with Crippen LogP contribution in [0.2, 0.25) is 0 Å². The summed E-state index contributed by atoms with van der Waals surface area (Å²) in [7, 11) is -3.52. The van der Waals surface area contributed by atoms with Crippen molar-refractivity contribution in [2.24, 2.45) is 5.92 Å². The van der Waals surface area contributed by atoms with Gasteiger partial charge >= 0.3 is 0 Å². The maximum absolute atomic E-state index is 13.2. The van der Waals surface area contributed by atoms with Crippen LogP contribution in [0.1, 0.15) is 78.7 Å². The molecule has 5 nitrogen and oxygen atoms in total. The minimum absolute atomic E-state index is 0.0113. The summed E-state index contributed by atoms with van der Waals surface area (Å²) in [5.41, 5.74) is 1.11. The van der Waals surface area contributed by atoms with Crippen molar-refractivity contribution in [1.29, 1.82) is 0 Å². The van der Waals surface area contributed by atoms with Gasteiger partial charge < -0.3 is 4.90 Å². The third-order valence-electron chi connectivity index (χ3n) is 6.69. The average molecular weight is 435 g/mol. The van der Waals surface area contributed by atoms with Gasteiger partial charge in [0, 0.05) is 31.1 Å². The minimum Gasteiger partial charge on any atom is -0.337 e. The highest BCUT2D eigenvalue weighted by Crippen LogP contribution is 2.31. The van der Waals surface area contributed by atoms with Gasteiger partial charge in [-0.1, -0.05) is 45.7 Å². The van der Waals surface area contributed by atoms with Crippen molar-refractivity contribution < 1.29 is 13.2 Å². The Hall–Kier alpha value is -1.40. The average Bonchev–Trinajstić information content (AvgIpc) is 3.21. The van der Waals surface area contributed by atoms with Gasteiger partial charge in [-0.25, -0.2) is 8.42 Å². The molecule has 1 aromatic carbocycles. The van der Waals surface area contributed by atoms with E-state index in [1.807, 2.05) is 12.1 Å². The smallest absolute Gasteiger partial charge is 0.243 e. The summed E-state index contributed by atoms with van der Waals surface area (Å²) in [5.74, 6) is 0.159. The molecule has 168 valence electrons. The van der Waals surface area contributed by atoms with Crippen molar-refractivity contribution in [1.82, 2.24) is 9.21 Å². The molecule has 2 aliphatic rings. The van der Waals surface area contributed by atoms with Crippen LogP contribution in [0.25, 0.3) is 0 Å². The molecule has 30 heavy (non-hydrogen) atoms. The van der Waals surface area contributed by atoms with Crippen molar-refractivity contribution in [3.05, 3.63) is 29.8 Å². The monoisotopic (exact) mass is 434 g/mol. The third kappa shape index (κ3) is 4.91. The van der Waals surface area contributed by atoms with Crippen LogP contribution >= 0.6 is 0 Å². The molecule has 0 aromatic heterocycles. The second-order valence-corrected chi connectivity index (χ2v) is 12.2. The second kappa shape index (κ2) is 8.99. The van der Waals surface area contributed by atoms with Gasteiger partial charge in [0.2, 0.25) is 15.9 Å². The summed E-state index contributed by atoms with van der Waals surface area (Å²) in [6.45, 7) is 11.4. The molecule has 0 atom stereocenters. The predicted molar refractivity (Wildman–Crippen MR) is 121 cm³/mol. The molecule has 3 rings (SSSR count). The maximum atomic E-state index is 13.2. The van der Waals surface area contributed by atoms with Crippen molar-refractivity contribution in [2.75, 3.05) is 13.1 Å².